The molecule has 0 fully saturated rings. The molecular formula is C18H13N5O4. The van der Waals surface area contributed by atoms with Crippen molar-refractivity contribution in [2.75, 3.05) is 0 Å². The average molecular weight is 363 g/mol. The number of nitrogens with one attached hydrogen (secondary N) is 1. The molecule has 0 unspecified atom stereocenters. The summed E-state index contributed by atoms with van der Waals surface area (Å²) in [7, 11) is 0. The summed E-state index contributed by atoms with van der Waals surface area (Å²) in [5, 5.41) is 25.4. The summed E-state index contributed by atoms with van der Waals surface area (Å²) < 4.78 is 1.24. The number of fused-ring (bicyclic) bond motifs is 1. The Morgan fingerprint density at radius 3 is 2.63 bits per heavy atom. The number of nitro benzene ring substituents is 1. The van der Waals surface area contributed by atoms with Crippen LogP contribution < -0.4 is 5.56 Å². The summed E-state index contributed by atoms with van der Waals surface area (Å²) >= 11 is 0. The number of rotatable bonds is 4. The van der Waals surface area contributed by atoms with Crippen molar-refractivity contribution in [3.05, 3.63) is 86.5 Å². The van der Waals surface area contributed by atoms with Crippen molar-refractivity contribution in [1.29, 1.82) is 0 Å². The third-order valence-electron chi connectivity index (χ3n) is 4.21. The summed E-state index contributed by atoms with van der Waals surface area (Å²) in [6.45, 7) is 0. The van der Waals surface area contributed by atoms with Crippen molar-refractivity contribution < 1.29 is 10.0 Å². The maximum absolute atomic E-state index is 12.5. The van der Waals surface area contributed by atoms with Crippen LogP contribution in [0.2, 0.25) is 0 Å². The number of benzene rings is 1. The molecule has 0 aliphatic rings. The van der Waals surface area contributed by atoms with Crippen molar-refractivity contribution in [2.45, 2.75) is 6.42 Å². The number of nitro groups is 1. The molecule has 9 nitrogen and oxygen atoms in total. The maximum Gasteiger partial charge on any atom is 0.269 e. The fourth-order valence-corrected chi connectivity index (χ4v) is 2.85. The number of non-ortho nitro benzene ring substituents is 1. The largest absolute Gasteiger partial charge is 0.493 e. The third-order valence-corrected chi connectivity index (χ3v) is 4.21. The molecule has 0 spiro atoms. The number of pyridine rings is 1. The second-order valence-corrected chi connectivity index (χ2v) is 5.89. The zero-order chi connectivity index (χ0) is 19.0. The molecule has 0 radical (unpaired) electrons. The highest BCUT2D eigenvalue weighted by Crippen LogP contribution is 2.25. The first-order valence-electron chi connectivity index (χ1n) is 8.01. The Morgan fingerprint density at radius 1 is 1.19 bits per heavy atom. The second kappa shape index (κ2) is 6.37. The van der Waals surface area contributed by atoms with E-state index in [4.69, 9.17) is 0 Å². The highest BCUT2D eigenvalue weighted by Gasteiger charge is 2.17. The van der Waals surface area contributed by atoms with E-state index in [1.54, 1.807) is 30.5 Å². The van der Waals surface area contributed by atoms with E-state index in [-0.39, 0.29) is 23.6 Å². The average Bonchev–Trinajstić information content (AvgIpc) is 3.10. The monoisotopic (exact) mass is 363 g/mol. The van der Waals surface area contributed by atoms with E-state index in [2.05, 4.69) is 15.1 Å². The van der Waals surface area contributed by atoms with Gasteiger partial charge >= 0.3 is 0 Å². The minimum atomic E-state index is -0.497. The third kappa shape index (κ3) is 2.91. The first kappa shape index (κ1) is 16.5. The molecule has 0 saturated heterocycles. The minimum Gasteiger partial charge on any atom is -0.493 e. The zero-order valence-electron chi connectivity index (χ0n) is 13.9. The lowest BCUT2D eigenvalue weighted by Gasteiger charge is -2.06. The van der Waals surface area contributed by atoms with Crippen molar-refractivity contribution in [3.63, 3.8) is 0 Å². The van der Waals surface area contributed by atoms with Gasteiger partial charge in [-0.05, 0) is 17.7 Å². The highest BCUT2D eigenvalue weighted by molar-refractivity contribution is 5.74. The van der Waals surface area contributed by atoms with E-state index in [1.807, 2.05) is 6.07 Å². The van der Waals surface area contributed by atoms with Crippen molar-refractivity contribution in [3.8, 4) is 17.1 Å². The molecule has 0 amide bonds. The summed E-state index contributed by atoms with van der Waals surface area (Å²) in [4.78, 5) is 29.7. The van der Waals surface area contributed by atoms with E-state index >= 15 is 0 Å². The fraction of sp³-hybridized carbons (Fsp3) is 0.0556. The van der Waals surface area contributed by atoms with Crippen LogP contribution in [0.3, 0.4) is 0 Å². The van der Waals surface area contributed by atoms with E-state index in [0.717, 1.165) is 0 Å². The molecule has 27 heavy (non-hydrogen) atoms. The number of aromatic amines is 1. The van der Waals surface area contributed by atoms with Gasteiger partial charge in [-0.2, -0.15) is 9.61 Å². The van der Waals surface area contributed by atoms with Crippen molar-refractivity contribution in [1.82, 2.24) is 19.6 Å². The van der Waals surface area contributed by atoms with Gasteiger partial charge in [0.2, 0.25) is 5.88 Å². The van der Waals surface area contributed by atoms with Crippen LogP contribution in [-0.2, 0) is 6.42 Å². The molecule has 2 N–H and O–H groups in total. The van der Waals surface area contributed by atoms with Gasteiger partial charge in [-0.1, -0.05) is 18.2 Å². The molecule has 0 aliphatic heterocycles. The predicted octanol–water partition coefficient (Wildman–Crippen LogP) is 2.29. The number of nitrogens with zero attached hydrogens (tertiary/aromatic N) is 4. The molecule has 0 atom stereocenters. The lowest BCUT2D eigenvalue weighted by molar-refractivity contribution is -0.384. The molecular weight excluding hydrogens is 350 g/mol. The number of aromatic hydroxyl groups is 1. The van der Waals surface area contributed by atoms with Gasteiger partial charge in [0.05, 0.1) is 27.9 Å². The molecule has 9 heteroatoms. The molecule has 0 aliphatic carbocycles. The molecule has 4 aromatic rings. The van der Waals surface area contributed by atoms with Gasteiger partial charge in [0.15, 0.2) is 0 Å². The fourth-order valence-electron chi connectivity index (χ4n) is 2.85. The van der Waals surface area contributed by atoms with Gasteiger partial charge < -0.3 is 10.1 Å². The van der Waals surface area contributed by atoms with Gasteiger partial charge in [-0.25, -0.2) is 0 Å². The first-order chi connectivity index (χ1) is 13.0. The standard InChI is InChI=1S/C18H13N5O4/c24-17-13(9-11-4-6-12(7-5-11)23(26)27)18(25)22-16(21-17)14(10-20-22)15-3-1-2-8-19-15/h1-8,10,25H,9H2,(H,21,24). The SMILES string of the molecule is O=c1[nH]c2c(-c3ccccn3)cnn2c(O)c1Cc1ccc([N+](=O)[O-])cc1. The quantitative estimate of drug-likeness (QED) is 0.423. The lowest BCUT2D eigenvalue weighted by Crippen LogP contribution is -2.16. The van der Waals surface area contributed by atoms with Gasteiger partial charge in [0.25, 0.3) is 11.2 Å². The Balaban J connectivity index is 1.77. The van der Waals surface area contributed by atoms with Crippen LogP contribution in [-0.4, -0.2) is 29.6 Å². The van der Waals surface area contributed by atoms with Crippen LogP contribution >= 0.6 is 0 Å². The molecule has 3 aromatic heterocycles. The number of hydrogen-bond acceptors (Lipinski definition) is 6. The number of aromatic nitrogens is 4. The van der Waals surface area contributed by atoms with E-state index in [9.17, 15) is 20.0 Å². The highest BCUT2D eigenvalue weighted by atomic mass is 16.6. The Bertz CT molecular complexity index is 1200. The maximum atomic E-state index is 12.5. The normalized spacial score (nSPS) is 11.0. The first-order valence-corrected chi connectivity index (χ1v) is 8.01. The van der Waals surface area contributed by atoms with Crippen LogP contribution in [0.25, 0.3) is 16.9 Å². The summed E-state index contributed by atoms with van der Waals surface area (Å²) in [6.07, 6.45) is 3.25. The molecule has 4 rings (SSSR count). The Hall–Kier alpha value is -4.01. The lowest BCUT2D eigenvalue weighted by atomic mass is 10.1. The molecule has 134 valence electrons. The molecule has 1 aromatic carbocycles. The number of H-pyrrole nitrogens is 1. The van der Waals surface area contributed by atoms with Gasteiger partial charge in [-0.15, -0.1) is 0 Å². The molecule has 0 saturated carbocycles. The van der Waals surface area contributed by atoms with Crippen molar-refractivity contribution >= 4 is 11.3 Å². The van der Waals surface area contributed by atoms with Gasteiger partial charge in [0, 0.05) is 24.8 Å². The van der Waals surface area contributed by atoms with Crippen molar-refractivity contribution in [2.24, 2.45) is 0 Å². The number of hydrogen-bond donors (Lipinski definition) is 2. The second-order valence-electron chi connectivity index (χ2n) is 5.89. The summed E-state index contributed by atoms with van der Waals surface area (Å²) in [6, 6.07) is 11.2. The smallest absolute Gasteiger partial charge is 0.269 e. The van der Waals surface area contributed by atoms with E-state index in [0.29, 0.717) is 22.5 Å². The van der Waals surface area contributed by atoms with Crippen LogP contribution in [0.15, 0.2) is 59.7 Å². The molecule has 0 bridgehead atoms. The summed E-state index contributed by atoms with van der Waals surface area (Å²) in [5.41, 5.74) is 1.81. The summed E-state index contributed by atoms with van der Waals surface area (Å²) in [5.74, 6) is -0.283. The van der Waals surface area contributed by atoms with Crippen LogP contribution in [0.1, 0.15) is 11.1 Å². The van der Waals surface area contributed by atoms with Gasteiger partial charge in [0.1, 0.15) is 5.65 Å². The predicted molar refractivity (Wildman–Crippen MR) is 96.6 cm³/mol. The topological polar surface area (TPSA) is 126 Å². The zero-order valence-corrected chi connectivity index (χ0v) is 13.9. The Labute approximate surface area is 151 Å². The van der Waals surface area contributed by atoms with E-state index < -0.39 is 10.5 Å². The van der Waals surface area contributed by atoms with Crippen LogP contribution in [0.5, 0.6) is 5.88 Å². The molecule has 3 heterocycles. The van der Waals surface area contributed by atoms with Crippen LogP contribution in [0.4, 0.5) is 5.69 Å². The van der Waals surface area contributed by atoms with Gasteiger partial charge in [-0.3, -0.25) is 19.9 Å². The Kier molecular flexibility index (Phi) is 3.88. The minimum absolute atomic E-state index is 0.0422. The van der Waals surface area contributed by atoms with Crippen LogP contribution in [0, 0.1) is 10.1 Å². The Morgan fingerprint density at radius 2 is 1.96 bits per heavy atom. The van der Waals surface area contributed by atoms with E-state index in [1.165, 1.54) is 22.8 Å².